The van der Waals surface area contributed by atoms with Gasteiger partial charge in [-0.1, -0.05) is 5.16 Å². The summed E-state index contributed by atoms with van der Waals surface area (Å²) in [5.41, 5.74) is 0.786. The standard InChI is InChI=1S/C11H14N4O3/c1-4-17-11(16)10-13-12-8(3)15(10)6-9-5-7(2)14-18-9/h5H,4,6H2,1-3H3. The van der Waals surface area contributed by atoms with E-state index in [0.29, 0.717) is 24.7 Å². The molecule has 0 saturated carbocycles. The first-order valence-electron chi connectivity index (χ1n) is 5.61. The number of hydrogen-bond donors (Lipinski definition) is 0. The molecule has 7 nitrogen and oxygen atoms in total. The fourth-order valence-electron chi connectivity index (χ4n) is 1.56. The van der Waals surface area contributed by atoms with Crippen molar-refractivity contribution in [3.8, 4) is 0 Å². The number of esters is 1. The highest BCUT2D eigenvalue weighted by Gasteiger charge is 2.19. The molecule has 96 valence electrons. The molecule has 0 bridgehead atoms. The molecule has 2 aromatic rings. The molecule has 2 heterocycles. The average Bonchev–Trinajstić information content (AvgIpc) is 2.88. The predicted octanol–water partition coefficient (Wildman–Crippen LogP) is 1.11. The zero-order valence-corrected chi connectivity index (χ0v) is 10.5. The van der Waals surface area contributed by atoms with E-state index < -0.39 is 5.97 Å². The van der Waals surface area contributed by atoms with Crippen LogP contribution in [0.3, 0.4) is 0 Å². The molecule has 7 heteroatoms. The molecule has 0 aliphatic heterocycles. The number of carbonyl (C=O) groups excluding carboxylic acids is 1. The van der Waals surface area contributed by atoms with E-state index >= 15 is 0 Å². The van der Waals surface area contributed by atoms with Crippen molar-refractivity contribution in [3.05, 3.63) is 29.2 Å². The van der Waals surface area contributed by atoms with Crippen molar-refractivity contribution in [1.82, 2.24) is 19.9 Å². The SMILES string of the molecule is CCOC(=O)c1nnc(C)n1Cc1cc(C)no1. The molecular weight excluding hydrogens is 236 g/mol. The maximum absolute atomic E-state index is 11.7. The minimum absolute atomic E-state index is 0.170. The van der Waals surface area contributed by atoms with Crippen molar-refractivity contribution >= 4 is 5.97 Å². The molecule has 2 rings (SSSR count). The van der Waals surface area contributed by atoms with Crippen molar-refractivity contribution in [1.29, 1.82) is 0 Å². The van der Waals surface area contributed by atoms with E-state index in [2.05, 4.69) is 15.4 Å². The number of rotatable bonds is 4. The first-order valence-corrected chi connectivity index (χ1v) is 5.61. The molecule has 0 aliphatic carbocycles. The summed E-state index contributed by atoms with van der Waals surface area (Å²) in [4.78, 5) is 11.7. The second-order valence-corrected chi connectivity index (χ2v) is 3.81. The Labute approximate surface area is 104 Å². The molecule has 0 amide bonds. The van der Waals surface area contributed by atoms with Gasteiger partial charge in [0.1, 0.15) is 5.82 Å². The van der Waals surface area contributed by atoms with Crippen LogP contribution in [0.25, 0.3) is 0 Å². The van der Waals surface area contributed by atoms with E-state index in [-0.39, 0.29) is 5.82 Å². The fourth-order valence-corrected chi connectivity index (χ4v) is 1.56. The third-order valence-corrected chi connectivity index (χ3v) is 2.38. The highest BCUT2D eigenvalue weighted by Crippen LogP contribution is 2.09. The van der Waals surface area contributed by atoms with E-state index in [1.807, 2.05) is 6.92 Å². The van der Waals surface area contributed by atoms with Crippen LogP contribution in [-0.4, -0.2) is 32.5 Å². The summed E-state index contributed by atoms with van der Waals surface area (Å²) in [5.74, 6) is 0.936. The molecule has 0 aliphatic rings. The summed E-state index contributed by atoms with van der Waals surface area (Å²) in [6.07, 6.45) is 0. The molecule has 0 aromatic carbocycles. The minimum Gasteiger partial charge on any atom is -0.460 e. The predicted molar refractivity (Wildman–Crippen MR) is 61.1 cm³/mol. The average molecular weight is 250 g/mol. The third-order valence-electron chi connectivity index (χ3n) is 2.38. The molecule has 0 unspecified atom stereocenters. The van der Waals surface area contributed by atoms with Gasteiger partial charge in [0.05, 0.1) is 18.8 Å². The largest absolute Gasteiger partial charge is 0.460 e. The summed E-state index contributed by atoms with van der Waals surface area (Å²) in [6, 6.07) is 1.80. The van der Waals surface area contributed by atoms with Crippen molar-refractivity contribution in [2.24, 2.45) is 0 Å². The molecule has 0 radical (unpaired) electrons. The van der Waals surface area contributed by atoms with Crippen LogP contribution in [0.4, 0.5) is 0 Å². The van der Waals surface area contributed by atoms with Crippen LogP contribution < -0.4 is 0 Å². The Balaban J connectivity index is 2.26. The van der Waals surface area contributed by atoms with Crippen molar-refractivity contribution in [3.63, 3.8) is 0 Å². The Hall–Kier alpha value is -2.18. The van der Waals surface area contributed by atoms with E-state index in [4.69, 9.17) is 9.26 Å². The molecular formula is C11H14N4O3. The normalized spacial score (nSPS) is 10.6. The van der Waals surface area contributed by atoms with Crippen LogP contribution in [0.1, 0.15) is 34.8 Å². The Morgan fingerprint density at radius 2 is 2.22 bits per heavy atom. The topological polar surface area (TPSA) is 83.0 Å². The highest BCUT2D eigenvalue weighted by molar-refractivity contribution is 5.85. The van der Waals surface area contributed by atoms with Gasteiger partial charge in [-0.15, -0.1) is 10.2 Å². The monoisotopic (exact) mass is 250 g/mol. The van der Waals surface area contributed by atoms with Gasteiger partial charge in [-0.3, -0.25) is 4.57 Å². The van der Waals surface area contributed by atoms with Crippen LogP contribution in [0, 0.1) is 13.8 Å². The molecule has 0 saturated heterocycles. The van der Waals surface area contributed by atoms with Gasteiger partial charge in [-0.05, 0) is 20.8 Å². The maximum atomic E-state index is 11.7. The van der Waals surface area contributed by atoms with Gasteiger partial charge < -0.3 is 9.26 Å². The lowest BCUT2D eigenvalue weighted by atomic mass is 10.3. The number of aromatic nitrogens is 4. The molecule has 0 atom stereocenters. The first kappa shape index (κ1) is 12.3. The summed E-state index contributed by atoms with van der Waals surface area (Å²) in [5, 5.41) is 11.5. The maximum Gasteiger partial charge on any atom is 0.376 e. The number of carbonyl (C=O) groups is 1. The Bertz CT molecular complexity index is 558. The molecule has 2 aromatic heterocycles. The Morgan fingerprint density at radius 3 is 2.83 bits per heavy atom. The molecule has 0 spiro atoms. The van der Waals surface area contributed by atoms with Gasteiger partial charge in [0.25, 0.3) is 0 Å². The van der Waals surface area contributed by atoms with E-state index in [1.165, 1.54) is 0 Å². The first-order chi connectivity index (χ1) is 8.61. The van der Waals surface area contributed by atoms with Crippen LogP contribution in [0.15, 0.2) is 10.6 Å². The van der Waals surface area contributed by atoms with Gasteiger partial charge in [-0.25, -0.2) is 4.79 Å². The molecule has 0 N–H and O–H groups in total. The van der Waals surface area contributed by atoms with E-state index in [9.17, 15) is 4.79 Å². The number of aryl methyl sites for hydroxylation is 2. The second kappa shape index (κ2) is 4.99. The molecule has 18 heavy (non-hydrogen) atoms. The summed E-state index contributed by atoms with van der Waals surface area (Å²) in [6.45, 7) is 5.99. The van der Waals surface area contributed by atoms with E-state index in [1.54, 1.807) is 24.5 Å². The van der Waals surface area contributed by atoms with Crippen molar-refractivity contribution in [2.75, 3.05) is 6.61 Å². The van der Waals surface area contributed by atoms with Gasteiger partial charge in [0, 0.05) is 6.07 Å². The van der Waals surface area contributed by atoms with Gasteiger partial charge in [-0.2, -0.15) is 0 Å². The third kappa shape index (κ3) is 2.39. The summed E-state index contributed by atoms with van der Waals surface area (Å²) in [7, 11) is 0. The zero-order valence-electron chi connectivity index (χ0n) is 10.5. The van der Waals surface area contributed by atoms with Crippen LogP contribution in [0.2, 0.25) is 0 Å². The highest BCUT2D eigenvalue weighted by atomic mass is 16.5. The number of hydrogen-bond acceptors (Lipinski definition) is 6. The molecule has 0 fully saturated rings. The van der Waals surface area contributed by atoms with Crippen LogP contribution in [-0.2, 0) is 11.3 Å². The van der Waals surface area contributed by atoms with Crippen molar-refractivity contribution < 1.29 is 14.1 Å². The quantitative estimate of drug-likeness (QED) is 0.756. The number of ether oxygens (including phenoxy) is 1. The van der Waals surface area contributed by atoms with Crippen molar-refractivity contribution in [2.45, 2.75) is 27.3 Å². The zero-order chi connectivity index (χ0) is 13.1. The number of nitrogens with zero attached hydrogens (tertiary/aromatic N) is 4. The smallest absolute Gasteiger partial charge is 0.376 e. The van der Waals surface area contributed by atoms with Gasteiger partial charge >= 0.3 is 5.97 Å². The lowest BCUT2D eigenvalue weighted by Crippen LogP contribution is -2.14. The van der Waals surface area contributed by atoms with Gasteiger partial charge in [0.2, 0.25) is 5.82 Å². The second-order valence-electron chi connectivity index (χ2n) is 3.81. The minimum atomic E-state index is -0.491. The van der Waals surface area contributed by atoms with Crippen LogP contribution >= 0.6 is 0 Å². The van der Waals surface area contributed by atoms with E-state index in [0.717, 1.165) is 5.69 Å². The van der Waals surface area contributed by atoms with Crippen LogP contribution in [0.5, 0.6) is 0 Å². The summed E-state index contributed by atoms with van der Waals surface area (Å²) >= 11 is 0. The van der Waals surface area contributed by atoms with Gasteiger partial charge in [0.15, 0.2) is 5.76 Å². The summed E-state index contributed by atoms with van der Waals surface area (Å²) < 4.78 is 11.7. The Morgan fingerprint density at radius 1 is 1.44 bits per heavy atom. The lowest BCUT2D eigenvalue weighted by molar-refractivity contribution is 0.0506. The fraction of sp³-hybridized carbons (Fsp3) is 0.455. The lowest BCUT2D eigenvalue weighted by Gasteiger charge is -2.05. The Kier molecular flexibility index (Phi) is 3.40.